The van der Waals surface area contributed by atoms with Gasteiger partial charge in [-0.3, -0.25) is 0 Å². The van der Waals surface area contributed by atoms with Gasteiger partial charge in [0.2, 0.25) is 0 Å². The average molecular weight is 189 g/mol. The number of nitrogens with two attached hydrogens (primary N) is 1. The SMILES string of the molecule is CC(C)c1ccc(N)c2c1CCCC2. The summed E-state index contributed by atoms with van der Waals surface area (Å²) >= 11 is 0. The summed E-state index contributed by atoms with van der Waals surface area (Å²) in [5.41, 5.74) is 11.5. The first-order valence-electron chi connectivity index (χ1n) is 5.60. The number of hydrogen-bond acceptors (Lipinski definition) is 1. The van der Waals surface area contributed by atoms with Crippen LogP contribution in [-0.2, 0) is 12.8 Å². The number of anilines is 1. The van der Waals surface area contributed by atoms with E-state index in [1.807, 2.05) is 0 Å². The molecule has 0 aromatic heterocycles. The van der Waals surface area contributed by atoms with Crippen LogP contribution in [0.3, 0.4) is 0 Å². The average Bonchev–Trinajstić information content (AvgIpc) is 2.18. The molecular formula is C13H19N. The zero-order valence-electron chi connectivity index (χ0n) is 9.14. The maximum Gasteiger partial charge on any atom is 0.0349 e. The molecule has 0 saturated carbocycles. The van der Waals surface area contributed by atoms with Crippen LogP contribution in [0.5, 0.6) is 0 Å². The lowest BCUT2D eigenvalue weighted by Gasteiger charge is -2.22. The Morgan fingerprint density at radius 1 is 1.07 bits per heavy atom. The number of nitrogen functional groups attached to an aromatic ring is 1. The molecule has 0 fully saturated rings. The van der Waals surface area contributed by atoms with Gasteiger partial charge >= 0.3 is 0 Å². The maximum atomic E-state index is 6.01. The van der Waals surface area contributed by atoms with Crippen LogP contribution in [0.2, 0.25) is 0 Å². The summed E-state index contributed by atoms with van der Waals surface area (Å²) in [5, 5.41) is 0. The van der Waals surface area contributed by atoms with Crippen molar-refractivity contribution in [2.24, 2.45) is 0 Å². The molecule has 2 rings (SSSR count). The zero-order valence-corrected chi connectivity index (χ0v) is 9.14. The molecular weight excluding hydrogens is 170 g/mol. The molecule has 0 aliphatic heterocycles. The van der Waals surface area contributed by atoms with Gasteiger partial charge in [0.15, 0.2) is 0 Å². The van der Waals surface area contributed by atoms with Gasteiger partial charge in [0.05, 0.1) is 0 Å². The molecule has 0 amide bonds. The van der Waals surface area contributed by atoms with Gasteiger partial charge in [-0.2, -0.15) is 0 Å². The minimum absolute atomic E-state index is 0.627. The molecule has 1 nitrogen and oxygen atoms in total. The quantitative estimate of drug-likeness (QED) is 0.674. The van der Waals surface area contributed by atoms with Crippen LogP contribution in [0.4, 0.5) is 5.69 Å². The summed E-state index contributed by atoms with van der Waals surface area (Å²) in [4.78, 5) is 0. The first-order chi connectivity index (χ1) is 6.70. The Hall–Kier alpha value is -0.980. The number of hydrogen-bond donors (Lipinski definition) is 1. The second-order valence-corrected chi connectivity index (χ2v) is 4.56. The first kappa shape index (κ1) is 9.57. The summed E-state index contributed by atoms with van der Waals surface area (Å²) in [6.45, 7) is 4.53. The normalized spacial score (nSPS) is 15.6. The Bertz CT molecular complexity index is 339. The fraction of sp³-hybridized carbons (Fsp3) is 0.538. The highest BCUT2D eigenvalue weighted by atomic mass is 14.6. The fourth-order valence-electron chi connectivity index (χ4n) is 2.46. The molecule has 1 aromatic carbocycles. The van der Waals surface area contributed by atoms with Gasteiger partial charge in [0, 0.05) is 5.69 Å². The third kappa shape index (κ3) is 1.52. The highest BCUT2D eigenvalue weighted by molar-refractivity contribution is 5.55. The van der Waals surface area contributed by atoms with E-state index in [4.69, 9.17) is 5.73 Å². The molecule has 1 aliphatic carbocycles. The topological polar surface area (TPSA) is 26.0 Å². The highest BCUT2D eigenvalue weighted by Gasteiger charge is 2.16. The van der Waals surface area contributed by atoms with E-state index >= 15 is 0 Å². The van der Waals surface area contributed by atoms with Gasteiger partial charge in [-0.15, -0.1) is 0 Å². The third-order valence-corrected chi connectivity index (χ3v) is 3.23. The van der Waals surface area contributed by atoms with Gasteiger partial charge < -0.3 is 5.73 Å². The molecule has 1 aliphatic rings. The van der Waals surface area contributed by atoms with E-state index < -0.39 is 0 Å². The van der Waals surface area contributed by atoms with E-state index in [1.165, 1.54) is 36.8 Å². The second kappa shape index (κ2) is 3.64. The molecule has 0 unspecified atom stereocenters. The minimum atomic E-state index is 0.627. The van der Waals surface area contributed by atoms with Crippen LogP contribution in [-0.4, -0.2) is 0 Å². The standard InChI is InChI=1S/C13H19N/c1-9(2)10-7-8-13(14)12-6-4-3-5-11(10)12/h7-9H,3-6,14H2,1-2H3. The van der Waals surface area contributed by atoms with Crippen LogP contribution < -0.4 is 5.73 Å². The second-order valence-electron chi connectivity index (χ2n) is 4.56. The summed E-state index contributed by atoms with van der Waals surface area (Å²) in [6.07, 6.45) is 5.05. The lowest BCUT2D eigenvalue weighted by Crippen LogP contribution is -2.10. The smallest absolute Gasteiger partial charge is 0.0349 e. The molecule has 0 radical (unpaired) electrons. The Balaban J connectivity index is 2.53. The summed E-state index contributed by atoms with van der Waals surface area (Å²) < 4.78 is 0. The van der Waals surface area contributed by atoms with Crippen LogP contribution in [0, 0.1) is 0 Å². The minimum Gasteiger partial charge on any atom is -0.398 e. The lowest BCUT2D eigenvalue weighted by atomic mass is 9.84. The molecule has 1 heteroatoms. The monoisotopic (exact) mass is 189 g/mol. The van der Waals surface area contributed by atoms with Crippen molar-refractivity contribution in [3.05, 3.63) is 28.8 Å². The number of rotatable bonds is 1. The lowest BCUT2D eigenvalue weighted by molar-refractivity contribution is 0.672. The Kier molecular flexibility index (Phi) is 2.49. The summed E-state index contributed by atoms with van der Waals surface area (Å²) in [5.74, 6) is 0.627. The van der Waals surface area contributed by atoms with Crippen molar-refractivity contribution in [1.29, 1.82) is 0 Å². The Morgan fingerprint density at radius 2 is 1.71 bits per heavy atom. The Morgan fingerprint density at radius 3 is 2.36 bits per heavy atom. The van der Waals surface area contributed by atoms with Crippen molar-refractivity contribution in [2.75, 3.05) is 5.73 Å². The van der Waals surface area contributed by atoms with E-state index in [1.54, 1.807) is 5.56 Å². The van der Waals surface area contributed by atoms with Gasteiger partial charge in [-0.25, -0.2) is 0 Å². The largest absolute Gasteiger partial charge is 0.398 e. The van der Waals surface area contributed by atoms with Gasteiger partial charge in [0.1, 0.15) is 0 Å². The van der Waals surface area contributed by atoms with E-state index in [0.717, 1.165) is 5.69 Å². The van der Waals surface area contributed by atoms with E-state index in [9.17, 15) is 0 Å². The van der Waals surface area contributed by atoms with Crippen LogP contribution in [0.15, 0.2) is 12.1 Å². The molecule has 0 atom stereocenters. The molecule has 0 saturated heterocycles. The molecule has 2 N–H and O–H groups in total. The van der Waals surface area contributed by atoms with E-state index in [2.05, 4.69) is 26.0 Å². The van der Waals surface area contributed by atoms with Crippen molar-refractivity contribution in [1.82, 2.24) is 0 Å². The number of fused-ring (bicyclic) bond motifs is 1. The van der Waals surface area contributed by atoms with Crippen LogP contribution in [0.25, 0.3) is 0 Å². The molecule has 0 bridgehead atoms. The zero-order chi connectivity index (χ0) is 10.1. The van der Waals surface area contributed by atoms with Crippen molar-refractivity contribution in [3.8, 4) is 0 Å². The first-order valence-corrected chi connectivity index (χ1v) is 5.60. The summed E-state index contributed by atoms with van der Waals surface area (Å²) in [6, 6.07) is 4.30. The molecule has 14 heavy (non-hydrogen) atoms. The van der Waals surface area contributed by atoms with Crippen molar-refractivity contribution < 1.29 is 0 Å². The predicted octanol–water partition coefficient (Wildman–Crippen LogP) is 3.27. The Labute approximate surface area is 86.3 Å². The van der Waals surface area contributed by atoms with Gasteiger partial charge in [0.25, 0.3) is 0 Å². The van der Waals surface area contributed by atoms with Gasteiger partial charge in [-0.05, 0) is 54.4 Å². The number of benzene rings is 1. The third-order valence-electron chi connectivity index (χ3n) is 3.23. The van der Waals surface area contributed by atoms with Crippen LogP contribution >= 0.6 is 0 Å². The molecule has 0 heterocycles. The van der Waals surface area contributed by atoms with E-state index in [-0.39, 0.29) is 0 Å². The predicted molar refractivity (Wildman–Crippen MR) is 61.6 cm³/mol. The van der Waals surface area contributed by atoms with Crippen molar-refractivity contribution >= 4 is 5.69 Å². The molecule has 1 aromatic rings. The maximum absolute atomic E-state index is 6.01. The van der Waals surface area contributed by atoms with Crippen molar-refractivity contribution in [3.63, 3.8) is 0 Å². The summed E-state index contributed by atoms with van der Waals surface area (Å²) in [7, 11) is 0. The van der Waals surface area contributed by atoms with E-state index in [0.29, 0.717) is 5.92 Å². The van der Waals surface area contributed by atoms with Crippen molar-refractivity contribution in [2.45, 2.75) is 45.4 Å². The fourth-order valence-corrected chi connectivity index (χ4v) is 2.46. The van der Waals surface area contributed by atoms with Gasteiger partial charge in [-0.1, -0.05) is 19.9 Å². The molecule has 0 spiro atoms. The highest BCUT2D eigenvalue weighted by Crippen LogP contribution is 2.32. The molecule has 76 valence electrons. The van der Waals surface area contributed by atoms with Crippen LogP contribution in [0.1, 0.15) is 49.3 Å².